The molecular formula is C44H29NO2. The molecule has 222 valence electrons. The number of para-hydroxylation sites is 1. The van der Waals surface area contributed by atoms with Crippen molar-refractivity contribution in [3.63, 3.8) is 0 Å². The Hall–Kier alpha value is -6.32. The van der Waals surface area contributed by atoms with Gasteiger partial charge < -0.3 is 14.4 Å². The smallest absolute Gasteiger partial charge is 0.170 e. The molecule has 0 radical (unpaired) electrons. The predicted octanol–water partition coefficient (Wildman–Crippen LogP) is 12.7. The highest BCUT2D eigenvalue weighted by Gasteiger charge is 2.19. The van der Waals surface area contributed by atoms with E-state index in [-0.39, 0.29) is 0 Å². The van der Waals surface area contributed by atoms with Crippen LogP contribution in [0.4, 0.5) is 17.1 Å². The average molecular weight is 604 g/mol. The van der Waals surface area contributed by atoms with Crippen molar-refractivity contribution in [3.8, 4) is 45.3 Å². The average Bonchev–Trinajstić information content (AvgIpc) is 3.30. The third kappa shape index (κ3) is 4.86. The Bertz CT molecular complexity index is 2390. The molecule has 0 amide bonds. The summed E-state index contributed by atoms with van der Waals surface area (Å²) in [5, 5.41) is 4.59. The van der Waals surface area contributed by atoms with E-state index in [0.717, 1.165) is 50.5 Å². The standard InChI is InChI=1S/C44H29NO2/c1-2-13-35(14-3-1)45(37-26-21-32(22-27-37)39-16-6-10-31-9-4-5-15-38(31)39)36-24-19-30(20-25-36)34-23-28-40-43(29-34)47-42-18-8-12-33-11-7-17-41(46-40)44(33)42/h1-29H. The summed E-state index contributed by atoms with van der Waals surface area (Å²) in [6.45, 7) is 0. The van der Waals surface area contributed by atoms with E-state index >= 15 is 0 Å². The van der Waals surface area contributed by atoms with Crippen molar-refractivity contribution in [2.75, 3.05) is 4.90 Å². The van der Waals surface area contributed by atoms with Crippen LogP contribution >= 0.6 is 0 Å². The highest BCUT2D eigenvalue weighted by Crippen LogP contribution is 2.47. The van der Waals surface area contributed by atoms with E-state index in [2.05, 4.69) is 150 Å². The maximum Gasteiger partial charge on any atom is 0.170 e. The molecule has 0 atom stereocenters. The van der Waals surface area contributed by atoms with Gasteiger partial charge in [0.05, 0.1) is 5.39 Å². The van der Waals surface area contributed by atoms with Gasteiger partial charge in [-0.15, -0.1) is 0 Å². The summed E-state index contributed by atoms with van der Waals surface area (Å²) < 4.78 is 12.8. The largest absolute Gasteiger partial charge is 0.453 e. The van der Waals surface area contributed by atoms with Gasteiger partial charge in [0.1, 0.15) is 11.5 Å². The lowest BCUT2D eigenvalue weighted by molar-refractivity contribution is 0.439. The SMILES string of the molecule is c1ccc(N(c2ccc(-c3ccc4c(c3)Oc3cccc5cccc(c35)O4)cc2)c2ccc(-c3cccc4ccccc34)cc2)cc1. The summed E-state index contributed by atoms with van der Waals surface area (Å²) in [6, 6.07) is 61.5. The molecule has 3 heteroatoms. The summed E-state index contributed by atoms with van der Waals surface area (Å²) in [5.41, 5.74) is 7.86. The number of rotatable bonds is 5. The topological polar surface area (TPSA) is 21.7 Å². The zero-order valence-corrected chi connectivity index (χ0v) is 25.5. The Labute approximate surface area is 273 Å². The van der Waals surface area contributed by atoms with Crippen LogP contribution in [0.25, 0.3) is 43.8 Å². The van der Waals surface area contributed by atoms with Crippen LogP contribution in [0.5, 0.6) is 23.0 Å². The molecule has 0 aromatic heterocycles. The molecule has 3 nitrogen and oxygen atoms in total. The van der Waals surface area contributed by atoms with Crippen molar-refractivity contribution >= 4 is 38.6 Å². The van der Waals surface area contributed by atoms with Crippen molar-refractivity contribution in [1.29, 1.82) is 0 Å². The second-order valence-electron chi connectivity index (χ2n) is 11.8. The van der Waals surface area contributed by atoms with E-state index < -0.39 is 0 Å². The zero-order valence-electron chi connectivity index (χ0n) is 25.5. The van der Waals surface area contributed by atoms with Gasteiger partial charge in [0.15, 0.2) is 11.5 Å². The minimum absolute atomic E-state index is 0.701. The van der Waals surface area contributed by atoms with Crippen molar-refractivity contribution in [2.24, 2.45) is 0 Å². The number of fused-ring (bicyclic) bond motifs is 2. The first-order chi connectivity index (χ1) is 23.3. The lowest BCUT2D eigenvalue weighted by Crippen LogP contribution is -2.09. The molecule has 0 bridgehead atoms. The van der Waals surface area contributed by atoms with Gasteiger partial charge in [-0.05, 0) is 99.1 Å². The molecule has 1 heterocycles. The summed E-state index contributed by atoms with van der Waals surface area (Å²) in [5.74, 6) is 3.01. The molecule has 0 aliphatic carbocycles. The first-order valence-corrected chi connectivity index (χ1v) is 15.8. The van der Waals surface area contributed by atoms with Gasteiger partial charge in [0.2, 0.25) is 0 Å². The summed E-state index contributed by atoms with van der Waals surface area (Å²) in [7, 11) is 0. The molecular weight excluding hydrogens is 574 g/mol. The van der Waals surface area contributed by atoms with Crippen LogP contribution in [0.1, 0.15) is 0 Å². The lowest BCUT2D eigenvalue weighted by atomic mass is 9.98. The van der Waals surface area contributed by atoms with E-state index in [1.165, 1.54) is 21.9 Å². The minimum atomic E-state index is 0.701. The van der Waals surface area contributed by atoms with Crippen LogP contribution in [0.2, 0.25) is 0 Å². The molecule has 1 aliphatic rings. The molecule has 0 saturated heterocycles. The number of hydrogen-bond acceptors (Lipinski definition) is 3. The van der Waals surface area contributed by atoms with Gasteiger partial charge in [-0.1, -0.05) is 115 Å². The van der Waals surface area contributed by atoms with Crippen LogP contribution in [0, 0.1) is 0 Å². The van der Waals surface area contributed by atoms with E-state index in [9.17, 15) is 0 Å². The zero-order chi connectivity index (χ0) is 31.2. The molecule has 0 spiro atoms. The number of anilines is 3. The van der Waals surface area contributed by atoms with Crippen molar-refractivity contribution in [3.05, 3.63) is 176 Å². The molecule has 47 heavy (non-hydrogen) atoms. The minimum Gasteiger partial charge on any atom is -0.453 e. The lowest BCUT2D eigenvalue weighted by Gasteiger charge is -2.26. The Morgan fingerprint density at radius 1 is 0.340 bits per heavy atom. The fraction of sp³-hybridized carbons (Fsp3) is 0. The number of nitrogens with zero attached hydrogens (tertiary/aromatic N) is 1. The van der Waals surface area contributed by atoms with Crippen LogP contribution in [0.15, 0.2) is 176 Å². The third-order valence-electron chi connectivity index (χ3n) is 8.91. The van der Waals surface area contributed by atoms with Crippen LogP contribution in [0.3, 0.4) is 0 Å². The molecule has 0 saturated carbocycles. The fourth-order valence-electron chi connectivity index (χ4n) is 6.63. The first-order valence-electron chi connectivity index (χ1n) is 15.8. The van der Waals surface area contributed by atoms with Crippen LogP contribution in [-0.2, 0) is 0 Å². The predicted molar refractivity (Wildman–Crippen MR) is 194 cm³/mol. The van der Waals surface area contributed by atoms with E-state index in [4.69, 9.17) is 9.47 Å². The quantitative estimate of drug-likeness (QED) is 0.195. The summed E-state index contributed by atoms with van der Waals surface area (Å²) in [4.78, 5) is 2.29. The Kier molecular flexibility index (Phi) is 6.46. The normalized spacial score (nSPS) is 11.7. The Morgan fingerprint density at radius 2 is 0.894 bits per heavy atom. The van der Waals surface area contributed by atoms with Crippen molar-refractivity contribution in [1.82, 2.24) is 0 Å². The van der Waals surface area contributed by atoms with Crippen molar-refractivity contribution < 1.29 is 9.47 Å². The van der Waals surface area contributed by atoms with E-state index in [1.54, 1.807) is 0 Å². The van der Waals surface area contributed by atoms with Gasteiger partial charge in [-0.2, -0.15) is 0 Å². The maximum atomic E-state index is 6.45. The number of hydrogen-bond donors (Lipinski definition) is 0. The highest BCUT2D eigenvalue weighted by molar-refractivity contribution is 5.97. The van der Waals surface area contributed by atoms with Crippen LogP contribution < -0.4 is 14.4 Å². The molecule has 9 rings (SSSR count). The molecule has 8 aromatic carbocycles. The fourth-order valence-corrected chi connectivity index (χ4v) is 6.63. The molecule has 8 aromatic rings. The van der Waals surface area contributed by atoms with Crippen molar-refractivity contribution in [2.45, 2.75) is 0 Å². The molecule has 1 aliphatic heterocycles. The van der Waals surface area contributed by atoms with Gasteiger partial charge >= 0.3 is 0 Å². The van der Waals surface area contributed by atoms with Gasteiger partial charge in [0.25, 0.3) is 0 Å². The molecule has 0 unspecified atom stereocenters. The summed E-state index contributed by atoms with van der Waals surface area (Å²) >= 11 is 0. The number of ether oxygens (including phenoxy) is 2. The van der Waals surface area contributed by atoms with Gasteiger partial charge in [-0.25, -0.2) is 0 Å². The second kappa shape index (κ2) is 11.2. The highest BCUT2D eigenvalue weighted by atomic mass is 16.5. The third-order valence-corrected chi connectivity index (χ3v) is 8.91. The van der Waals surface area contributed by atoms with E-state index in [0.29, 0.717) is 11.5 Å². The van der Waals surface area contributed by atoms with E-state index in [1.807, 2.05) is 30.3 Å². The molecule has 0 fully saturated rings. The molecule has 0 N–H and O–H groups in total. The number of benzene rings is 8. The second-order valence-corrected chi connectivity index (χ2v) is 11.8. The Morgan fingerprint density at radius 3 is 1.64 bits per heavy atom. The van der Waals surface area contributed by atoms with Gasteiger partial charge in [0, 0.05) is 17.1 Å². The van der Waals surface area contributed by atoms with Crippen LogP contribution in [-0.4, -0.2) is 0 Å². The Balaban J connectivity index is 1.05. The maximum absolute atomic E-state index is 6.45. The first kappa shape index (κ1) is 27.0. The van der Waals surface area contributed by atoms with Gasteiger partial charge in [-0.3, -0.25) is 0 Å². The summed E-state index contributed by atoms with van der Waals surface area (Å²) in [6.07, 6.45) is 0. The monoisotopic (exact) mass is 603 g/mol.